The van der Waals surface area contributed by atoms with Crippen molar-refractivity contribution in [2.45, 2.75) is 0 Å². The SMILES string of the molecule is N#CC(=Cc1ccccc1Cl)c1nc(-c2ccc(-c3ccccc3)cc2)cs1. The van der Waals surface area contributed by atoms with E-state index < -0.39 is 0 Å². The first-order valence-electron chi connectivity index (χ1n) is 8.73. The van der Waals surface area contributed by atoms with Gasteiger partial charge in [0.1, 0.15) is 11.1 Å². The van der Waals surface area contributed by atoms with Crippen molar-refractivity contribution in [1.82, 2.24) is 4.98 Å². The molecule has 0 amide bonds. The van der Waals surface area contributed by atoms with Crippen LogP contribution in [0.4, 0.5) is 0 Å². The van der Waals surface area contributed by atoms with E-state index in [1.165, 1.54) is 16.9 Å². The molecule has 0 saturated carbocycles. The molecule has 0 aliphatic carbocycles. The topological polar surface area (TPSA) is 36.7 Å². The molecule has 3 aromatic carbocycles. The number of rotatable bonds is 4. The zero-order chi connectivity index (χ0) is 19.3. The quantitative estimate of drug-likeness (QED) is 0.341. The van der Waals surface area contributed by atoms with Crippen LogP contribution in [0.15, 0.2) is 84.2 Å². The lowest BCUT2D eigenvalue weighted by molar-refractivity contribution is 1.37. The van der Waals surface area contributed by atoms with E-state index in [1.807, 2.05) is 47.8 Å². The first kappa shape index (κ1) is 18.2. The molecule has 0 saturated heterocycles. The normalized spacial score (nSPS) is 11.2. The number of thiazole rings is 1. The Labute approximate surface area is 173 Å². The fraction of sp³-hybridized carbons (Fsp3) is 0. The standard InChI is InChI=1S/C24H15ClN2S/c25-22-9-5-4-8-20(22)14-21(15-26)24-27-23(16-28-24)19-12-10-18(11-13-19)17-6-2-1-3-7-17/h1-14,16H. The van der Waals surface area contributed by atoms with E-state index >= 15 is 0 Å². The highest BCUT2D eigenvalue weighted by Crippen LogP contribution is 2.30. The van der Waals surface area contributed by atoms with Gasteiger partial charge >= 0.3 is 0 Å². The molecule has 0 N–H and O–H groups in total. The first-order chi connectivity index (χ1) is 13.7. The molecule has 0 aliphatic heterocycles. The Bertz CT molecular complexity index is 1170. The Balaban J connectivity index is 1.62. The summed E-state index contributed by atoms with van der Waals surface area (Å²) in [6.45, 7) is 0. The molecule has 0 radical (unpaired) electrons. The van der Waals surface area contributed by atoms with E-state index in [0.717, 1.165) is 22.4 Å². The van der Waals surface area contributed by atoms with Gasteiger partial charge in [-0.05, 0) is 28.8 Å². The number of hydrogen-bond acceptors (Lipinski definition) is 3. The van der Waals surface area contributed by atoms with Crippen molar-refractivity contribution in [3.8, 4) is 28.5 Å². The Kier molecular flexibility index (Phi) is 5.34. The number of nitriles is 1. The highest BCUT2D eigenvalue weighted by molar-refractivity contribution is 7.11. The van der Waals surface area contributed by atoms with Gasteiger partial charge in [0.15, 0.2) is 0 Å². The Hall–Kier alpha value is -3.19. The molecule has 134 valence electrons. The fourth-order valence-corrected chi connectivity index (χ4v) is 3.87. The third-order valence-electron chi connectivity index (χ3n) is 4.35. The van der Waals surface area contributed by atoms with Gasteiger partial charge in [-0.1, -0.05) is 84.4 Å². The Morgan fingerprint density at radius 3 is 2.21 bits per heavy atom. The summed E-state index contributed by atoms with van der Waals surface area (Å²) in [6, 6.07) is 28.3. The maximum atomic E-state index is 9.58. The van der Waals surface area contributed by atoms with Crippen LogP contribution in [0.5, 0.6) is 0 Å². The van der Waals surface area contributed by atoms with Crippen molar-refractivity contribution < 1.29 is 0 Å². The van der Waals surface area contributed by atoms with Crippen LogP contribution in [-0.4, -0.2) is 4.98 Å². The lowest BCUT2D eigenvalue weighted by Crippen LogP contribution is -1.84. The number of halogens is 1. The highest BCUT2D eigenvalue weighted by Gasteiger charge is 2.10. The minimum Gasteiger partial charge on any atom is -0.235 e. The second-order valence-corrected chi connectivity index (χ2v) is 7.44. The van der Waals surface area contributed by atoms with Crippen molar-refractivity contribution in [3.63, 3.8) is 0 Å². The molecule has 0 aliphatic rings. The van der Waals surface area contributed by atoms with Gasteiger partial charge in [0, 0.05) is 16.0 Å². The number of allylic oxidation sites excluding steroid dienone is 1. The second kappa shape index (κ2) is 8.22. The average molecular weight is 399 g/mol. The second-order valence-electron chi connectivity index (χ2n) is 6.17. The van der Waals surface area contributed by atoms with E-state index in [-0.39, 0.29) is 0 Å². The maximum absolute atomic E-state index is 9.58. The number of aromatic nitrogens is 1. The van der Waals surface area contributed by atoms with Crippen LogP contribution in [0.25, 0.3) is 34.0 Å². The van der Waals surface area contributed by atoms with Crippen LogP contribution in [0, 0.1) is 11.3 Å². The molecule has 4 rings (SSSR count). The maximum Gasteiger partial charge on any atom is 0.134 e. The van der Waals surface area contributed by atoms with Gasteiger partial charge in [0.05, 0.1) is 11.3 Å². The van der Waals surface area contributed by atoms with Gasteiger partial charge in [0.2, 0.25) is 0 Å². The van der Waals surface area contributed by atoms with Crippen LogP contribution in [0.3, 0.4) is 0 Å². The summed E-state index contributed by atoms with van der Waals surface area (Å²) in [6.07, 6.45) is 1.78. The molecule has 1 heterocycles. The van der Waals surface area contributed by atoms with Crippen molar-refractivity contribution in [1.29, 1.82) is 5.26 Å². The third-order valence-corrected chi connectivity index (χ3v) is 5.57. The van der Waals surface area contributed by atoms with Crippen LogP contribution in [0.2, 0.25) is 5.02 Å². The van der Waals surface area contributed by atoms with Crippen LogP contribution >= 0.6 is 22.9 Å². The van der Waals surface area contributed by atoms with Crippen molar-refractivity contribution in [2.75, 3.05) is 0 Å². The minimum atomic E-state index is 0.505. The summed E-state index contributed by atoms with van der Waals surface area (Å²) in [5.74, 6) is 0. The molecule has 4 aromatic rings. The van der Waals surface area contributed by atoms with E-state index in [2.05, 4.69) is 47.5 Å². The molecule has 0 spiro atoms. The fourth-order valence-electron chi connectivity index (χ4n) is 2.88. The zero-order valence-corrected chi connectivity index (χ0v) is 16.4. The van der Waals surface area contributed by atoms with Gasteiger partial charge in [0.25, 0.3) is 0 Å². The smallest absolute Gasteiger partial charge is 0.134 e. The molecule has 0 fully saturated rings. The number of nitrogens with zero attached hydrogens (tertiary/aromatic N) is 2. The molecule has 1 aromatic heterocycles. The van der Waals surface area contributed by atoms with E-state index in [1.54, 1.807) is 6.08 Å². The van der Waals surface area contributed by atoms with E-state index in [9.17, 15) is 5.26 Å². The average Bonchev–Trinajstić information content (AvgIpc) is 3.24. The van der Waals surface area contributed by atoms with Crippen molar-refractivity contribution in [3.05, 3.63) is 99.8 Å². The molecule has 0 bridgehead atoms. The largest absolute Gasteiger partial charge is 0.235 e. The van der Waals surface area contributed by atoms with Crippen molar-refractivity contribution >= 4 is 34.6 Å². The predicted molar refractivity (Wildman–Crippen MR) is 118 cm³/mol. The molecule has 4 heteroatoms. The highest BCUT2D eigenvalue weighted by atomic mass is 35.5. The van der Waals surface area contributed by atoms with Crippen LogP contribution in [-0.2, 0) is 0 Å². The summed E-state index contributed by atoms with van der Waals surface area (Å²) in [4.78, 5) is 4.66. The molecule has 0 atom stereocenters. The molecule has 0 unspecified atom stereocenters. The zero-order valence-electron chi connectivity index (χ0n) is 14.8. The first-order valence-corrected chi connectivity index (χ1v) is 9.98. The Morgan fingerprint density at radius 2 is 1.50 bits per heavy atom. The Morgan fingerprint density at radius 1 is 0.857 bits per heavy atom. The molecular formula is C24H15ClN2S. The lowest BCUT2D eigenvalue weighted by atomic mass is 10.0. The van der Waals surface area contributed by atoms with Gasteiger partial charge in [-0.2, -0.15) is 5.26 Å². The summed E-state index contributed by atoms with van der Waals surface area (Å²) in [5.41, 5.74) is 5.55. The lowest BCUT2D eigenvalue weighted by Gasteiger charge is -2.03. The number of benzene rings is 3. The summed E-state index contributed by atoms with van der Waals surface area (Å²) < 4.78 is 0. The predicted octanol–water partition coefficient (Wildman–Crippen LogP) is 7.19. The van der Waals surface area contributed by atoms with Gasteiger partial charge in [-0.3, -0.25) is 0 Å². The molecule has 2 nitrogen and oxygen atoms in total. The van der Waals surface area contributed by atoms with Crippen molar-refractivity contribution in [2.24, 2.45) is 0 Å². The molecule has 28 heavy (non-hydrogen) atoms. The monoisotopic (exact) mass is 398 g/mol. The van der Waals surface area contributed by atoms with E-state index in [4.69, 9.17) is 11.6 Å². The minimum absolute atomic E-state index is 0.505. The van der Waals surface area contributed by atoms with E-state index in [0.29, 0.717) is 15.6 Å². The summed E-state index contributed by atoms with van der Waals surface area (Å²) in [5, 5.41) is 12.9. The van der Waals surface area contributed by atoms with Gasteiger partial charge < -0.3 is 0 Å². The third kappa shape index (κ3) is 3.89. The van der Waals surface area contributed by atoms with Gasteiger partial charge in [-0.15, -0.1) is 11.3 Å². The number of hydrogen-bond donors (Lipinski definition) is 0. The van der Waals surface area contributed by atoms with Crippen LogP contribution < -0.4 is 0 Å². The molecular weight excluding hydrogens is 384 g/mol. The summed E-state index contributed by atoms with van der Waals surface area (Å²) in [7, 11) is 0. The van der Waals surface area contributed by atoms with Gasteiger partial charge in [-0.25, -0.2) is 4.98 Å². The summed E-state index contributed by atoms with van der Waals surface area (Å²) >= 11 is 7.67. The van der Waals surface area contributed by atoms with Crippen LogP contribution in [0.1, 0.15) is 10.6 Å².